The Balaban J connectivity index is 2.15. The van der Waals surface area contributed by atoms with E-state index in [0.29, 0.717) is 12.6 Å². The van der Waals surface area contributed by atoms with E-state index in [2.05, 4.69) is 53.5 Å². The summed E-state index contributed by atoms with van der Waals surface area (Å²) in [6, 6.07) is 6.14. The molecule has 0 aliphatic heterocycles. The molecule has 21 heavy (non-hydrogen) atoms. The van der Waals surface area contributed by atoms with Crippen molar-refractivity contribution in [1.82, 2.24) is 9.97 Å². The van der Waals surface area contributed by atoms with Crippen LogP contribution < -0.4 is 10.6 Å². The molecular weight excluding hydrogens is 264 g/mol. The fourth-order valence-electron chi connectivity index (χ4n) is 2.29. The van der Waals surface area contributed by atoms with Gasteiger partial charge in [-0.2, -0.15) is 4.98 Å². The van der Waals surface area contributed by atoms with Crippen molar-refractivity contribution in [2.24, 2.45) is 0 Å². The summed E-state index contributed by atoms with van der Waals surface area (Å²) in [5, 5.41) is 6.50. The van der Waals surface area contributed by atoms with Gasteiger partial charge in [0.15, 0.2) is 0 Å². The predicted octanol–water partition coefficient (Wildman–Crippen LogP) is 3.20. The summed E-state index contributed by atoms with van der Waals surface area (Å²) in [6.45, 7) is 7.63. The summed E-state index contributed by atoms with van der Waals surface area (Å²) in [4.78, 5) is 8.73. The average Bonchev–Trinajstić information content (AvgIpc) is 2.44. The second kappa shape index (κ2) is 7.04. The normalized spacial score (nSPS) is 10.5. The molecule has 1 aromatic carbocycles. The molecule has 0 radical (unpaired) electrons. The predicted molar refractivity (Wildman–Crippen MR) is 86.3 cm³/mol. The van der Waals surface area contributed by atoms with Crippen molar-refractivity contribution in [2.45, 2.75) is 20.8 Å². The molecule has 0 aliphatic carbocycles. The largest absolute Gasteiger partial charge is 0.383 e. The van der Waals surface area contributed by atoms with Crippen LogP contribution in [0.2, 0.25) is 0 Å². The van der Waals surface area contributed by atoms with Crippen LogP contribution in [0.5, 0.6) is 0 Å². The van der Waals surface area contributed by atoms with Gasteiger partial charge < -0.3 is 15.4 Å². The lowest BCUT2D eigenvalue weighted by atomic mass is 10.1. The minimum atomic E-state index is 0.590. The molecule has 2 aromatic rings. The Morgan fingerprint density at radius 3 is 2.52 bits per heavy atom. The van der Waals surface area contributed by atoms with E-state index in [-0.39, 0.29) is 0 Å². The molecule has 2 N–H and O–H groups in total. The number of aryl methyl sites for hydroxylation is 3. The van der Waals surface area contributed by atoms with Gasteiger partial charge in [0.05, 0.1) is 6.61 Å². The number of nitrogens with one attached hydrogen (secondary N) is 2. The first-order chi connectivity index (χ1) is 10.1. The smallest absolute Gasteiger partial charge is 0.229 e. The monoisotopic (exact) mass is 286 g/mol. The quantitative estimate of drug-likeness (QED) is 0.799. The highest BCUT2D eigenvalue weighted by Gasteiger charge is 2.06. The van der Waals surface area contributed by atoms with Gasteiger partial charge in [-0.25, -0.2) is 4.98 Å². The third-order valence-corrected chi connectivity index (χ3v) is 3.18. The van der Waals surface area contributed by atoms with E-state index in [1.807, 2.05) is 6.07 Å². The summed E-state index contributed by atoms with van der Waals surface area (Å²) in [5.74, 6) is 1.37. The Morgan fingerprint density at radius 2 is 1.86 bits per heavy atom. The van der Waals surface area contributed by atoms with Crippen LogP contribution >= 0.6 is 0 Å². The number of anilines is 3. The van der Waals surface area contributed by atoms with Crippen molar-refractivity contribution >= 4 is 17.5 Å². The Hall–Kier alpha value is -2.14. The van der Waals surface area contributed by atoms with Gasteiger partial charge in [0.1, 0.15) is 5.82 Å². The van der Waals surface area contributed by atoms with E-state index in [0.717, 1.165) is 18.1 Å². The molecule has 1 aromatic heterocycles. The second-order valence-electron chi connectivity index (χ2n) is 5.08. The minimum Gasteiger partial charge on any atom is -0.383 e. The van der Waals surface area contributed by atoms with Crippen molar-refractivity contribution in [2.75, 3.05) is 30.9 Å². The maximum absolute atomic E-state index is 5.01. The Labute approximate surface area is 125 Å². The van der Waals surface area contributed by atoms with Gasteiger partial charge in [0.2, 0.25) is 5.95 Å². The molecule has 5 heteroatoms. The summed E-state index contributed by atoms with van der Waals surface area (Å²) < 4.78 is 5.01. The maximum atomic E-state index is 5.01. The molecule has 1 heterocycles. The molecule has 0 spiro atoms. The molecule has 0 amide bonds. The molecule has 0 atom stereocenters. The van der Waals surface area contributed by atoms with Crippen LogP contribution in [0.15, 0.2) is 24.4 Å². The van der Waals surface area contributed by atoms with Crippen LogP contribution in [-0.2, 0) is 4.74 Å². The van der Waals surface area contributed by atoms with Gasteiger partial charge in [0, 0.05) is 25.5 Å². The van der Waals surface area contributed by atoms with Crippen molar-refractivity contribution in [3.63, 3.8) is 0 Å². The average molecular weight is 286 g/mol. The highest BCUT2D eigenvalue weighted by molar-refractivity contribution is 5.64. The summed E-state index contributed by atoms with van der Waals surface area (Å²) in [7, 11) is 1.68. The lowest BCUT2D eigenvalue weighted by molar-refractivity contribution is 0.210. The number of rotatable bonds is 6. The number of nitrogens with zero attached hydrogens (tertiary/aromatic N) is 2. The van der Waals surface area contributed by atoms with Gasteiger partial charge >= 0.3 is 0 Å². The van der Waals surface area contributed by atoms with E-state index >= 15 is 0 Å². The van der Waals surface area contributed by atoms with Crippen molar-refractivity contribution < 1.29 is 4.74 Å². The molecule has 112 valence electrons. The number of benzene rings is 1. The van der Waals surface area contributed by atoms with Crippen LogP contribution in [0, 0.1) is 20.8 Å². The summed E-state index contributed by atoms with van der Waals surface area (Å²) in [5.41, 5.74) is 4.70. The molecule has 0 saturated heterocycles. The Kier molecular flexibility index (Phi) is 5.11. The number of hydrogen-bond acceptors (Lipinski definition) is 5. The van der Waals surface area contributed by atoms with Crippen LogP contribution in [0.1, 0.15) is 16.7 Å². The van der Waals surface area contributed by atoms with Gasteiger partial charge in [-0.3, -0.25) is 0 Å². The van der Waals surface area contributed by atoms with E-state index in [9.17, 15) is 0 Å². The lowest BCUT2D eigenvalue weighted by Gasteiger charge is -2.13. The molecule has 0 saturated carbocycles. The number of methoxy groups -OCH3 is 1. The first kappa shape index (κ1) is 15.3. The first-order valence-electron chi connectivity index (χ1n) is 7.01. The molecule has 0 aliphatic rings. The maximum Gasteiger partial charge on any atom is 0.229 e. The fourth-order valence-corrected chi connectivity index (χ4v) is 2.29. The summed E-state index contributed by atoms with van der Waals surface area (Å²) >= 11 is 0. The first-order valence-corrected chi connectivity index (χ1v) is 7.01. The SMILES string of the molecule is COCCNc1ccnc(Nc2c(C)cc(C)cc2C)n1. The van der Waals surface area contributed by atoms with Crippen molar-refractivity contribution in [1.29, 1.82) is 0 Å². The van der Waals surface area contributed by atoms with E-state index in [1.165, 1.54) is 16.7 Å². The van der Waals surface area contributed by atoms with Gasteiger partial charge in [-0.05, 0) is 38.0 Å². The number of hydrogen-bond donors (Lipinski definition) is 2. The molecule has 2 rings (SSSR count). The van der Waals surface area contributed by atoms with E-state index in [4.69, 9.17) is 4.74 Å². The zero-order valence-electron chi connectivity index (χ0n) is 13.0. The van der Waals surface area contributed by atoms with Crippen molar-refractivity contribution in [3.05, 3.63) is 41.1 Å². The Bertz CT molecular complexity index is 590. The third kappa shape index (κ3) is 4.16. The van der Waals surface area contributed by atoms with Gasteiger partial charge in [0.25, 0.3) is 0 Å². The zero-order chi connectivity index (χ0) is 15.2. The molecule has 5 nitrogen and oxygen atoms in total. The lowest BCUT2D eigenvalue weighted by Crippen LogP contribution is -2.10. The van der Waals surface area contributed by atoms with E-state index < -0.39 is 0 Å². The molecule has 0 fully saturated rings. The Morgan fingerprint density at radius 1 is 1.14 bits per heavy atom. The van der Waals surface area contributed by atoms with Crippen molar-refractivity contribution in [3.8, 4) is 0 Å². The highest BCUT2D eigenvalue weighted by Crippen LogP contribution is 2.24. The standard InChI is InChI=1S/C16H22N4O/c1-11-9-12(2)15(13(3)10-11)20-16-18-6-5-14(19-16)17-7-8-21-4/h5-6,9-10H,7-8H2,1-4H3,(H2,17,18,19,20). The minimum absolute atomic E-state index is 0.590. The van der Waals surface area contributed by atoms with Crippen LogP contribution in [0.25, 0.3) is 0 Å². The molecular formula is C16H22N4O. The second-order valence-corrected chi connectivity index (χ2v) is 5.08. The third-order valence-electron chi connectivity index (χ3n) is 3.18. The van der Waals surface area contributed by atoms with Gasteiger partial charge in [-0.15, -0.1) is 0 Å². The summed E-state index contributed by atoms with van der Waals surface area (Å²) in [6.07, 6.45) is 1.74. The molecule has 0 unspecified atom stereocenters. The topological polar surface area (TPSA) is 59.1 Å². The highest BCUT2D eigenvalue weighted by atomic mass is 16.5. The van der Waals surface area contributed by atoms with Crippen LogP contribution in [0.4, 0.5) is 17.5 Å². The fraction of sp³-hybridized carbons (Fsp3) is 0.375. The van der Waals surface area contributed by atoms with Crippen LogP contribution in [0.3, 0.4) is 0 Å². The van der Waals surface area contributed by atoms with E-state index in [1.54, 1.807) is 13.3 Å². The zero-order valence-corrected chi connectivity index (χ0v) is 13.0. The van der Waals surface area contributed by atoms with Gasteiger partial charge in [-0.1, -0.05) is 17.7 Å². The van der Waals surface area contributed by atoms with Crippen LogP contribution in [-0.4, -0.2) is 30.2 Å². The number of aromatic nitrogens is 2. The number of ether oxygens (including phenoxy) is 1. The molecule has 0 bridgehead atoms.